The fourth-order valence-electron chi connectivity index (χ4n) is 4.40. The molecule has 0 aromatic heterocycles. The third-order valence-corrected chi connectivity index (χ3v) is 5.96. The standard InChI is InChI=1S/C17H21ClFNO/c1-3-17-7-6-11(8-14(17)10(2)20-16(17)21)13-5-4-12(19)9-15(13)18/h4-5,9-11,14H,3,6-8H2,1-2H3,(H,20,21)/t10-,11-,14-,17-/m1/s1. The number of halogens is 2. The molecule has 4 atom stereocenters. The van der Waals surface area contributed by atoms with Gasteiger partial charge in [0.25, 0.3) is 0 Å². The van der Waals surface area contributed by atoms with Crippen LogP contribution in [0.2, 0.25) is 5.02 Å². The van der Waals surface area contributed by atoms with Crippen molar-refractivity contribution >= 4 is 17.5 Å². The topological polar surface area (TPSA) is 29.1 Å². The molecule has 0 radical (unpaired) electrons. The Balaban J connectivity index is 1.89. The molecule has 1 saturated carbocycles. The summed E-state index contributed by atoms with van der Waals surface area (Å²) in [4.78, 5) is 12.3. The molecule has 0 bridgehead atoms. The molecular weight excluding hydrogens is 289 g/mol. The number of fused-ring (bicyclic) bond motifs is 1. The number of nitrogens with one attached hydrogen (secondary N) is 1. The van der Waals surface area contributed by atoms with Crippen molar-refractivity contribution in [3.8, 4) is 0 Å². The highest BCUT2D eigenvalue weighted by Crippen LogP contribution is 2.53. The summed E-state index contributed by atoms with van der Waals surface area (Å²) < 4.78 is 13.2. The summed E-state index contributed by atoms with van der Waals surface area (Å²) in [5.41, 5.74) is 0.817. The van der Waals surface area contributed by atoms with Crippen LogP contribution in [0.25, 0.3) is 0 Å². The van der Waals surface area contributed by atoms with Crippen molar-refractivity contribution in [2.75, 3.05) is 0 Å². The molecule has 1 amide bonds. The maximum atomic E-state index is 13.2. The lowest BCUT2D eigenvalue weighted by molar-refractivity contribution is -0.130. The number of carbonyl (C=O) groups is 1. The van der Waals surface area contributed by atoms with Crippen LogP contribution in [0.4, 0.5) is 4.39 Å². The average Bonchev–Trinajstić information content (AvgIpc) is 2.70. The van der Waals surface area contributed by atoms with Crippen LogP contribution in [0.15, 0.2) is 18.2 Å². The second-order valence-electron chi connectivity index (χ2n) is 6.52. The van der Waals surface area contributed by atoms with Crippen molar-refractivity contribution in [1.82, 2.24) is 5.32 Å². The van der Waals surface area contributed by atoms with Crippen molar-refractivity contribution in [3.63, 3.8) is 0 Å². The number of rotatable bonds is 2. The second-order valence-corrected chi connectivity index (χ2v) is 6.92. The highest BCUT2D eigenvalue weighted by atomic mass is 35.5. The Labute approximate surface area is 130 Å². The van der Waals surface area contributed by atoms with Crippen molar-refractivity contribution in [1.29, 1.82) is 0 Å². The lowest BCUT2D eigenvalue weighted by atomic mass is 9.61. The summed E-state index contributed by atoms with van der Waals surface area (Å²) in [6.07, 6.45) is 3.66. The highest BCUT2D eigenvalue weighted by molar-refractivity contribution is 6.31. The molecule has 0 unspecified atom stereocenters. The Morgan fingerprint density at radius 2 is 2.24 bits per heavy atom. The molecule has 1 N–H and O–H groups in total. The zero-order valence-electron chi connectivity index (χ0n) is 12.5. The zero-order chi connectivity index (χ0) is 15.2. The second kappa shape index (κ2) is 5.28. The molecule has 4 heteroatoms. The minimum Gasteiger partial charge on any atom is -0.353 e. The lowest BCUT2D eigenvalue weighted by Crippen LogP contribution is -2.39. The van der Waals surface area contributed by atoms with E-state index in [1.807, 2.05) is 0 Å². The molecular formula is C17H21ClFNO. The number of hydrogen-bond donors (Lipinski definition) is 1. The van der Waals surface area contributed by atoms with Gasteiger partial charge in [0.2, 0.25) is 5.91 Å². The molecule has 1 aromatic carbocycles. The SMILES string of the molecule is CC[C@@]12CC[C@@H](c3ccc(F)cc3Cl)C[C@@H]1[C@@H](C)NC2=O. The number of benzene rings is 1. The zero-order valence-corrected chi connectivity index (χ0v) is 13.2. The van der Waals surface area contributed by atoms with Crippen molar-refractivity contribution in [3.05, 3.63) is 34.6 Å². The maximum Gasteiger partial charge on any atom is 0.226 e. The van der Waals surface area contributed by atoms with E-state index in [-0.39, 0.29) is 23.2 Å². The van der Waals surface area contributed by atoms with Crippen molar-refractivity contribution < 1.29 is 9.18 Å². The van der Waals surface area contributed by atoms with Gasteiger partial charge in [0.15, 0.2) is 0 Å². The van der Waals surface area contributed by atoms with E-state index < -0.39 is 0 Å². The van der Waals surface area contributed by atoms with Gasteiger partial charge < -0.3 is 5.32 Å². The van der Waals surface area contributed by atoms with Crippen LogP contribution in [0, 0.1) is 17.2 Å². The first kappa shape index (κ1) is 14.8. The molecule has 1 heterocycles. The van der Waals surface area contributed by atoms with Gasteiger partial charge in [-0.1, -0.05) is 24.6 Å². The van der Waals surface area contributed by atoms with E-state index >= 15 is 0 Å². The number of carbonyl (C=O) groups excluding carboxylic acids is 1. The van der Waals surface area contributed by atoms with Crippen LogP contribution in [-0.4, -0.2) is 11.9 Å². The monoisotopic (exact) mass is 309 g/mol. The highest BCUT2D eigenvalue weighted by Gasteiger charge is 2.54. The van der Waals surface area contributed by atoms with E-state index in [0.717, 1.165) is 31.2 Å². The molecule has 1 aliphatic heterocycles. The van der Waals surface area contributed by atoms with Gasteiger partial charge in [0.05, 0.1) is 5.41 Å². The van der Waals surface area contributed by atoms with Crippen molar-refractivity contribution in [2.24, 2.45) is 11.3 Å². The van der Waals surface area contributed by atoms with Gasteiger partial charge in [-0.05, 0) is 62.1 Å². The van der Waals surface area contributed by atoms with Gasteiger partial charge >= 0.3 is 0 Å². The summed E-state index contributed by atoms with van der Waals surface area (Å²) in [6.45, 7) is 4.20. The maximum absolute atomic E-state index is 13.2. The van der Waals surface area contributed by atoms with Gasteiger partial charge in [-0.2, -0.15) is 0 Å². The summed E-state index contributed by atoms with van der Waals surface area (Å²) in [6, 6.07) is 4.88. The van der Waals surface area contributed by atoms with Crippen LogP contribution in [0.3, 0.4) is 0 Å². The molecule has 3 rings (SSSR count). The molecule has 2 fully saturated rings. The Bertz CT molecular complexity index is 576. The van der Waals surface area contributed by atoms with Crippen LogP contribution >= 0.6 is 11.6 Å². The van der Waals surface area contributed by atoms with E-state index in [4.69, 9.17) is 11.6 Å². The molecule has 1 saturated heterocycles. The van der Waals surface area contributed by atoms with Crippen molar-refractivity contribution in [2.45, 2.75) is 51.5 Å². The fourth-order valence-corrected chi connectivity index (χ4v) is 4.72. The fraction of sp³-hybridized carbons (Fsp3) is 0.588. The predicted octanol–water partition coefficient (Wildman–Crippen LogP) is 4.28. The van der Waals surface area contributed by atoms with Crippen LogP contribution < -0.4 is 5.32 Å². The Kier molecular flexibility index (Phi) is 3.73. The van der Waals surface area contributed by atoms with E-state index in [1.54, 1.807) is 6.07 Å². The van der Waals surface area contributed by atoms with Gasteiger partial charge in [-0.3, -0.25) is 4.79 Å². The molecule has 0 spiro atoms. The largest absolute Gasteiger partial charge is 0.353 e. The molecule has 2 nitrogen and oxygen atoms in total. The first-order valence-corrected chi connectivity index (χ1v) is 8.11. The third kappa shape index (κ3) is 2.26. The smallest absolute Gasteiger partial charge is 0.226 e. The minimum absolute atomic E-state index is 0.206. The summed E-state index contributed by atoms with van der Waals surface area (Å²) in [5.74, 6) is 0.576. The van der Waals surface area contributed by atoms with Crippen LogP contribution in [-0.2, 0) is 4.79 Å². The Morgan fingerprint density at radius 1 is 1.48 bits per heavy atom. The van der Waals surface area contributed by atoms with Gasteiger partial charge in [0, 0.05) is 11.1 Å². The summed E-state index contributed by atoms with van der Waals surface area (Å²) in [5, 5.41) is 3.62. The van der Waals surface area contributed by atoms with E-state index in [1.165, 1.54) is 12.1 Å². The first-order chi connectivity index (χ1) is 9.98. The average molecular weight is 310 g/mol. The van der Waals surface area contributed by atoms with E-state index in [9.17, 15) is 9.18 Å². The Morgan fingerprint density at radius 3 is 2.90 bits per heavy atom. The van der Waals surface area contributed by atoms with Crippen LogP contribution in [0.1, 0.15) is 51.0 Å². The molecule has 2 aliphatic rings. The minimum atomic E-state index is -0.298. The summed E-state index contributed by atoms with van der Waals surface area (Å²) in [7, 11) is 0. The molecule has 114 valence electrons. The third-order valence-electron chi connectivity index (χ3n) is 5.63. The Hall–Kier alpha value is -1.09. The first-order valence-electron chi connectivity index (χ1n) is 7.74. The predicted molar refractivity (Wildman–Crippen MR) is 81.8 cm³/mol. The number of amides is 1. The van der Waals surface area contributed by atoms with Crippen LogP contribution in [0.5, 0.6) is 0 Å². The molecule has 1 aromatic rings. The lowest BCUT2D eigenvalue weighted by Gasteiger charge is -2.41. The quantitative estimate of drug-likeness (QED) is 0.868. The molecule has 21 heavy (non-hydrogen) atoms. The van der Waals surface area contributed by atoms with E-state index in [0.29, 0.717) is 16.9 Å². The summed E-state index contributed by atoms with van der Waals surface area (Å²) >= 11 is 6.22. The number of hydrogen-bond acceptors (Lipinski definition) is 1. The van der Waals surface area contributed by atoms with Gasteiger partial charge in [-0.25, -0.2) is 4.39 Å². The van der Waals surface area contributed by atoms with E-state index in [2.05, 4.69) is 19.2 Å². The molecule has 1 aliphatic carbocycles. The van der Waals surface area contributed by atoms with Gasteiger partial charge in [-0.15, -0.1) is 0 Å². The van der Waals surface area contributed by atoms with Gasteiger partial charge in [0.1, 0.15) is 5.82 Å². The normalized spacial score (nSPS) is 35.4.